The summed E-state index contributed by atoms with van der Waals surface area (Å²) in [5, 5.41) is 2.92. The smallest absolute Gasteiger partial charge is 0.265 e. The van der Waals surface area contributed by atoms with E-state index in [9.17, 15) is 4.79 Å². The minimum absolute atomic E-state index is 0.0177. The molecule has 3 aromatic rings. The van der Waals surface area contributed by atoms with Crippen LogP contribution in [0.4, 0.5) is 5.69 Å². The summed E-state index contributed by atoms with van der Waals surface area (Å²) >= 11 is 1.57. The van der Waals surface area contributed by atoms with E-state index in [2.05, 4.69) is 9.88 Å². The van der Waals surface area contributed by atoms with Crippen molar-refractivity contribution in [2.75, 3.05) is 37.7 Å². The number of anilines is 1. The van der Waals surface area contributed by atoms with Crippen molar-refractivity contribution in [1.29, 1.82) is 0 Å². The van der Waals surface area contributed by atoms with Crippen molar-refractivity contribution in [3.05, 3.63) is 48.0 Å². The number of piperidine rings is 1. The molecule has 2 aliphatic rings. The number of fused-ring (bicyclic) bond motifs is 1. The van der Waals surface area contributed by atoms with Gasteiger partial charge in [0, 0.05) is 30.2 Å². The van der Waals surface area contributed by atoms with Gasteiger partial charge in [0.1, 0.15) is 10.8 Å². The Hall–Kier alpha value is -2.77. The summed E-state index contributed by atoms with van der Waals surface area (Å²) in [7, 11) is 0. The van der Waals surface area contributed by atoms with Gasteiger partial charge in [0.05, 0.1) is 17.1 Å². The number of likely N-dealkylation sites (tertiary alicyclic amines) is 1. The van der Waals surface area contributed by atoms with Gasteiger partial charge in [-0.3, -0.25) is 9.78 Å². The van der Waals surface area contributed by atoms with Crippen molar-refractivity contribution in [3.8, 4) is 27.7 Å². The number of thiazole rings is 1. The first-order chi connectivity index (χ1) is 14.8. The molecule has 2 aliphatic heterocycles. The van der Waals surface area contributed by atoms with Gasteiger partial charge in [-0.05, 0) is 56.3 Å². The zero-order valence-corrected chi connectivity index (χ0v) is 17.6. The van der Waals surface area contributed by atoms with E-state index in [1.54, 1.807) is 17.5 Å². The van der Waals surface area contributed by atoms with Crippen LogP contribution in [-0.4, -0.2) is 53.6 Å². The molecule has 1 fully saturated rings. The van der Waals surface area contributed by atoms with Crippen molar-refractivity contribution in [2.24, 2.45) is 0 Å². The van der Waals surface area contributed by atoms with E-state index in [1.165, 1.54) is 19.3 Å². The predicted octanol–water partition coefficient (Wildman–Crippen LogP) is 4.08. The second kappa shape index (κ2) is 8.53. The number of amides is 1. The summed E-state index contributed by atoms with van der Waals surface area (Å²) in [6, 6.07) is 11.8. The first-order valence-corrected chi connectivity index (χ1v) is 11.3. The third-order valence-electron chi connectivity index (χ3n) is 5.67. The number of carbonyl (C=O) groups excluding carboxylic acids is 1. The molecule has 0 aliphatic carbocycles. The maximum atomic E-state index is 12.6. The minimum atomic E-state index is 0.0177. The molecule has 1 aromatic carbocycles. The number of nitrogens with zero attached hydrogens (tertiary/aromatic N) is 4. The zero-order valence-electron chi connectivity index (χ0n) is 16.8. The van der Waals surface area contributed by atoms with Gasteiger partial charge < -0.3 is 14.5 Å². The van der Waals surface area contributed by atoms with Crippen LogP contribution < -0.4 is 9.64 Å². The number of hydrogen-bond acceptors (Lipinski definition) is 6. The average molecular weight is 421 g/mol. The standard InChI is InChI=1S/C23H24N4O2S/c28-22-15-29-21-8-7-17(19-16-30-23(25-19)18-6-2-3-9-24-18)14-20(21)27(22)13-12-26-10-4-1-5-11-26/h2-3,6-9,14,16H,1,4-5,10-13,15H2. The Kier molecular flexibility index (Phi) is 5.46. The Balaban J connectivity index is 1.39. The lowest BCUT2D eigenvalue weighted by atomic mass is 10.1. The van der Waals surface area contributed by atoms with Gasteiger partial charge in [-0.15, -0.1) is 11.3 Å². The van der Waals surface area contributed by atoms with Crippen LogP contribution in [0, 0.1) is 0 Å². The van der Waals surface area contributed by atoms with Gasteiger partial charge in [0.15, 0.2) is 6.61 Å². The Morgan fingerprint density at radius 3 is 2.77 bits per heavy atom. The molecule has 0 unspecified atom stereocenters. The maximum absolute atomic E-state index is 12.6. The molecule has 0 radical (unpaired) electrons. The summed E-state index contributed by atoms with van der Waals surface area (Å²) in [4.78, 5) is 26.1. The molecule has 0 N–H and O–H groups in total. The van der Waals surface area contributed by atoms with Crippen molar-refractivity contribution in [1.82, 2.24) is 14.9 Å². The van der Waals surface area contributed by atoms with E-state index in [1.807, 2.05) is 46.7 Å². The van der Waals surface area contributed by atoms with Crippen LogP contribution in [0.2, 0.25) is 0 Å². The van der Waals surface area contributed by atoms with E-state index in [4.69, 9.17) is 9.72 Å². The van der Waals surface area contributed by atoms with Crippen LogP contribution in [0.5, 0.6) is 5.75 Å². The van der Waals surface area contributed by atoms with E-state index in [-0.39, 0.29) is 12.5 Å². The maximum Gasteiger partial charge on any atom is 0.265 e. The Labute approximate surface area is 180 Å². The van der Waals surface area contributed by atoms with Crippen molar-refractivity contribution in [2.45, 2.75) is 19.3 Å². The summed E-state index contributed by atoms with van der Waals surface area (Å²) in [5.74, 6) is 0.779. The van der Waals surface area contributed by atoms with Gasteiger partial charge in [-0.2, -0.15) is 0 Å². The molecule has 0 bridgehead atoms. The van der Waals surface area contributed by atoms with Gasteiger partial charge in [-0.25, -0.2) is 4.98 Å². The first kappa shape index (κ1) is 19.2. The number of ether oxygens (including phenoxy) is 1. The number of carbonyl (C=O) groups is 1. The summed E-state index contributed by atoms with van der Waals surface area (Å²) < 4.78 is 5.69. The van der Waals surface area contributed by atoms with Crippen LogP contribution in [0.1, 0.15) is 19.3 Å². The lowest BCUT2D eigenvalue weighted by Gasteiger charge is -2.33. The summed E-state index contributed by atoms with van der Waals surface area (Å²) in [5.41, 5.74) is 3.58. The third kappa shape index (κ3) is 3.95. The molecule has 2 aromatic heterocycles. The highest BCUT2D eigenvalue weighted by molar-refractivity contribution is 7.13. The number of rotatable bonds is 5. The predicted molar refractivity (Wildman–Crippen MR) is 119 cm³/mol. The van der Waals surface area contributed by atoms with E-state index in [0.29, 0.717) is 6.54 Å². The number of benzene rings is 1. The Morgan fingerprint density at radius 1 is 1.03 bits per heavy atom. The normalized spacial score (nSPS) is 16.9. The molecule has 154 valence electrons. The van der Waals surface area contributed by atoms with E-state index >= 15 is 0 Å². The first-order valence-electron chi connectivity index (χ1n) is 10.4. The molecule has 6 nitrogen and oxygen atoms in total. The molecular weight excluding hydrogens is 396 g/mol. The van der Waals surface area contributed by atoms with Crippen molar-refractivity contribution >= 4 is 22.9 Å². The van der Waals surface area contributed by atoms with E-state index < -0.39 is 0 Å². The molecule has 7 heteroatoms. The highest BCUT2D eigenvalue weighted by atomic mass is 32.1. The lowest BCUT2D eigenvalue weighted by Crippen LogP contribution is -2.44. The van der Waals surface area contributed by atoms with Crippen LogP contribution >= 0.6 is 11.3 Å². The molecule has 5 rings (SSSR count). The Morgan fingerprint density at radius 2 is 1.93 bits per heavy atom. The van der Waals surface area contributed by atoms with Crippen LogP contribution in [-0.2, 0) is 4.79 Å². The van der Waals surface area contributed by atoms with Gasteiger partial charge in [0.25, 0.3) is 5.91 Å². The highest BCUT2D eigenvalue weighted by Gasteiger charge is 2.27. The molecule has 1 saturated heterocycles. The number of aromatic nitrogens is 2. The minimum Gasteiger partial charge on any atom is -0.482 e. The SMILES string of the molecule is O=C1COc2ccc(-c3csc(-c4ccccn4)n3)cc2N1CCN1CCCCC1. The fourth-order valence-corrected chi connectivity index (χ4v) is 4.85. The molecular formula is C23H24N4O2S. The van der Waals surface area contributed by atoms with Crippen molar-refractivity contribution in [3.63, 3.8) is 0 Å². The monoisotopic (exact) mass is 420 g/mol. The zero-order chi connectivity index (χ0) is 20.3. The van der Waals surface area contributed by atoms with Gasteiger partial charge >= 0.3 is 0 Å². The molecule has 0 saturated carbocycles. The lowest BCUT2D eigenvalue weighted by molar-refractivity contribution is -0.121. The van der Waals surface area contributed by atoms with Gasteiger partial charge in [0.2, 0.25) is 0 Å². The largest absolute Gasteiger partial charge is 0.482 e. The molecule has 30 heavy (non-hydrogen) atoms. The average Bonchev–Trinajstić information content (AvgIpc) is 3.30. The number of pyridine rings is 1. The van der Waals surface area contributed by atoms with Crippen molar-refractivity contribution < 1.29 is 9.53 Å². The Bertz CT molecular complexity index is 1030. The molecule has 0 atom stereocenters. The third-order valence-corrected chi connectivity index (χ3v) is 6.54. The van der Waals surface area contributed by atoms with Crippen LogP contribution in [0.15, 0.2) is 48.0 Å². The second-order valence-electron chi connectivity index (χ2n) is 7.67. The van der Waals surface area contributed by atoms with Gasteiger partial charge in [-0.1, -0.05) is 12.5 Å². The second-order valence-corrected chi connectivity index (χ2v) is 8.53. The van der Waals surface area contributed by atoms with Crippen LogP contribution in [0.25, 0.3) is 22.0 Å². The summed E-state index contributed by atoms with van der Waals surface area (Å²) in [6.45, 7) is 3.94. The quantitative estimate of drug-likeness (QED) is 0.622. The topological polar surface area (TPSA) is 58.6 Å². The number of hydrogen-bond donors (Lipinski definition) is 0. The van der Waals surface area contributed by atoms with E-state index in [0.717, 1.165) is 53.0 Å². The molecule has 0 spiro atoms. The fraction of sp³-hybridized carbons (Fsp3) is 0.348. The summed E-state index contributed by atoms with van der Waals surface area (Å²) in [6.07, 6.45) is 5.59. The highest BCUT2D eigenvalue weighted by Crippen LogP contribution is 2.37. The van der Waals surface area contributed by atoms with Crippen LogP contribution in [0.3, 0.4) is 0 Å². The fourth-order valence-electron chi connectivity index (χ4n) is 4.04. The molecule has 1 amide bonds. The molecule has 4 heterocycles.